The average molecular weight is 321 g/mol. The first-order valence-electron chi connectivity index (χ1n) is 9.00. The van der Waals surface area contributed by atoms with Gasteiger partial charge in [0.2, 0.25) is 5.91 Å². The zero-order chi connectivity index (χ0) is 17.1. The van der Waals surface area contributed by atoms with Crippen molar-refractivity contribution in [3.63, 3.8) is 0 Å². The van der Waals surface area contributed by atoms with E-state index in [1.807, 2.05) is 6.07 Å². The van der Waals surface area contributed by atoms with E-state index in [1.54, 1.807) is 0 Å². The highest BCUT2D eigenvalue weighted by atomic mass is 16.1. The van der Waals surface area contributed by atoms with Gasteiger partial charge in [-0.3, -0.25) is 4.79 Å². The van der Waals surface area contributed by atoms with Gasteiger partial charge in [-0.05, 0) is 79.8 Å². The molecule has 3 rings (SSSR count). The largest absolute Gasteiger partial charge is 0.349 e. The fraction of sp³-hybridized carbons (Fsp3) is 0.409. The normalized spacial score (nSPS) is 14.8. The lowest BCUT2D eigenvalue weighted by Crippen LogP contribution is -2.28. The van der Waals surface area contributed by atoms with Crippen molar-refractivity contribution in [3.05, 3.63) is 69.8 Å². The molecule has 0 fully saturated rings. The van der Waals surface area contributed by atoms with E-state index in [2.05, 4.69) is 56.4 Å². The minimum absolute atomic E-state index is 0.0521. The minimum atomic E-state index is 0.0521. The molecule has 0 aromatic heterocycles. The standard InChI is InChI=1S/C22H27NO/c1-15-8-9-18(12-16(15)2)13-22(24)23-17(3)20-11-10-19-6-4-5-7-21(19)14-20/h8-12,14,17H,4-7,13H2,1-3H3,(H,23,24). The predicted octanol–water partition coefficient (Wildman–Crippen LogP) is 4.60. The number of hydrogen-bond acceptors (Lipinski definition) is 1. The Labute approximate surface area is 145 Å². The number of benzene rings is 2. The molecule has 0 spiro atoms. The summed E-state index contributed by atoms with van der Waals surface area (Å²) in [6.07, 6.45) is 5.39. The van der Waals surface area contributed by atoms with Crippen molar-refractivity contribution >= 4 is 5.91 Å². The molecule has 2 aromatic rings. The highest BCUT2D eigenvalue weighted by Crippen LogP contribution is 2.24. The zero-order valence-corrected chi connectivity index (χ0v) is 15.0. The first-order valence-corrected chi connectivity index (χ1v) is 9.00. The summed E-state index contributed by atoms with van der Waals surface area (Å²) in [6, 6.07) is 13.0. The van der Waals surface area contributed by atoms with Gasteiger partial charge in [0, 0.05) is 0 Å². The maximum Gasteiger partial charge on any atom is 0.224 e. The summed E-state index contributed by atoms with van der Waals surface area (Å²) >= 11 is 0. The third-order valence-corrected chi connectivity index (χ3v) is 5.19. The lowest BCUT2D eigenvalue weighted by atomic mass is 9.89. The molecule has 126 valence electrons. The number of rotatable bonds is 4. The minimum Gasteiger partial charge on any atom is -0.349 e. The Balaban J connectivity index is 1.64. The molecule has 1 aliphatic rings. The lowest BCUT2D eigenvalue weighted by molar-refractivity contribution is -0.121. The van der Waals surface area contributed by atoms with E-state index >= 15 is 0 Å². The van der Waals surface area contributed by atoms with Gasteiger partial charge in [-0.15, -0.1) is 0 Å². The maximum absolute atomic E-state index is 12.4. The molecule has 2 heteroatoms. The van der Waals surface area contributed by atoms with Crippen molar-refractivity contribution in [1.29, 1.82) is 0 Å². The molecule has 1 unspecified atom stereocenters. The van der Waals surface area contributed by atoms with Crippen molar-refractivity contribution in [2.24, 2.45) is 0 Å². The van der Waals surface area contributed by atoms with Crippen LogP contribution in [0.3, 0.4) is 0 Å². The van der Waals surface area contributed by atoms with Crippen molar-refractivity contribution in [3.8, 4) is 0 Å². The van der Waals surface area contributed by atoms with Gasteiger partial charge in [0.25, 0.3) is 0 Å². The quantitative estimate of drug-likeness (QED) is 0.876. The fourth-order valence-corrected chi connectivity index (χ4v) is 3.50. The van der Waals surface area contributed by atoms with Crippen molar-refractivity contribution in [2.45, 2.75) is 58.9 Å². The van der Waals surface area contributed by atoms with Crippen LogP contribution >= 0.6 is 0 Å². The van der Waals surface area contributed by atoms with Crippen LogP contribution in [0, 0.1) is 13.8 Å². The topological polar surface area (TPSA) is 29.1 Å². The molecular weight excluding hydrogens is 294 g/mol. The number of hydrogen-bond donors (Lipinski definition) is 1. The second-order valence-electron chi connectivity index (χ2n) is 7.12. The second-order valence-corrected chi connectivity index (χ2v) is 7.12. The molecular formula is C22H27NO. The molecule has 1 aliphatic carbocycles. The smallest absolute Gasteiger partial charge is 0.224 e. The highest BCUT2D eigenvalue weighted by Gasteiger charge is 2.14. The van der Waals surface area contributed by atoms with E-state index in [9.17, 15) is 4.79 Å². The van der Waals surface area contributed by atoms with Crippen LogP contribution in [0.4, 0.5) is 0 Å². The molecule has 1 N–H and O–H groups in total. The first kappa shape index (κ1) is 16.8. The number of amides is 1. The van der Waals surface area contributed by atoms with E-state index < -0.39 is 0 Å². The third-order valence-electron chi connectivity index (χ3n) is 5.19. The van der Waals surface area contributed by atoms with Gasteiger partial charge in [-0.25, -0.2) is 0 Å². The molecule has 0 aliphatic heterocycles. The van der Waals surface area contributed by atoms with Gasteiger partial charge in [-0.1, -0.05) is 36.4 Å². The summed E-state index contributed by atoms with van der Waals surface area (Å²) in [5.74, 6) is 0.0865. The Kier molecular flexibility index (Phi) is 5.03. The molecule has 0 bridgehead atoms. The first-order chi connectivity index (χ1) is 11.5. The monoisotopic (exact) mass is 321 g/mol. The second kappa shape index (κ2) is 7.21. The number of nitrogens with one attached hydrogen (secondary N) is 1. The van der Waals surface area contributed by atoms with Gasteiger partial charge in [0.05, 0.1) is 12.5 Å². The van der Waals surface area contributed by atoms with Gasteiger partial charge in [0.1, 0.15) is 0 Å². The van der Waals surface area contributed by atoms with E-state index in [0.717, 1.165) is 5.56 Å². The van der Waals surface area contributed by atoms with E-state index in [-0.39, 0.29) is 11.9 Å². The highest BCUT2D eigenvalue weighted by molar-refractivity contribution is 5.79. The molecule has 1 amide bonds. The van der Waals surface area contributed by atoms with Gasteiger partial charge in [-0.2, -0.15) is 0 Å². The number of fused-ring (bicyclic) bond motifs is 1. The summed E-state index contributed by atoms with van der Waals surface area (Å²) in [7, 11) is 0. The van der Waals surface area contributed by atoms with Crippen molar-refractivity contribution in [1.82, 2.24) is 5.32 Å². The number of carbonyl (C=O) groups is 1. The Morgan fingerprint density at radius 2 is 1.75 bits per heavy atom. The molecule has 1 atom stereocenters. The number of carbonyl (C=O) groups excluding carboxylic acids is 1. The molecule has 0 radical (unpaired) electrons. The predicted molar refractivity (Wildman–Crippen MR) is 99.3 cm³/mol. The summed E-state index contributed by atoms with van der Waals surface area (Å²) in [4.78, 5) is 12.4. The van der Waals surface area contributed by atoms with Crippen LogP contribution in [0.2, 0.25) is 0 Å². The van der Waals surface area contributed by atoms with Crippen molar-refractivity contribution in [2.75, 3.05) is 0 Å². The third kappa shape index (κ3) is 3.87. The van der Waals surface area contributed by atoms with Crippen LogP contribution in [0.1, 0.15) is 59.2 Å². The van der Waals surface area contributed by atoms with Gasteiger partial charge < -0.3 is 5.32 Å². The van der Waals surface area contributed by atoms with E-state index in [0.29, 0.717) is 6.42 Å². The SMILES string of the molecule is Cc1ccc(CC(=O)NC(C)c2ccc3c(c2)CCCC3)cc1C. The Morgan fingerprint density at radius 3 is 2.50 bits per heavy atom. The van der Waals surface area contributed by atoms with Gasteiger partial charge in [0.15, 0.2) is 0 Å². The van der Waals surface area contributed by atoms with Crippen LogP contribution < -0.4 is 5.32 Å². The Bertz CT molecular complexity index is 748. The molecule has 24 heavy (non-hydrogen) atoms. The fourth-order valence-electron chi connectivity index (χ4n) is 3.50. The molecule has 0 saturated heterocycles. The Morgan fingerprint density at radius 1 is 1.00 bits per heavy atom. The Hall–Kier alpha value is -2.09. The summed E-state index contributed by atoms with van der Waals surface area (Å²) in [5, 5.41) is 3.15. The molecule has 2 aromatic carbocycles. The van der Waals surface area contributed by atoms with E-state index in [1.165, 1.54) is 53.5 Å². The van der Waals surface area contributed by atoms with Crippen LogP contribution in [0.15, 0.2) is 36.4 Å². The van der Waals surface area contributed by atoms with Crippen LogP contribution in [0.5, 0.6) is 0 Å². The molecule has 0 saturated carbocycles. The van der Waals surface area contributed by atoms with Crippen LogP contribution in [-0.4, -0.2) is 5.91 Å². The zero-order valence-electron chi connectivity index (χ0n) is 15.0. The van der Waals surface area contributed by atoms with Crippen LogP contribution in [-0.2, 0) is 24.1 Å². The summed E-state index contributed by atoms with van der Waals surface area (Å²) < 4.78 is 0. The van der Waals surface area contributed by atoms with Gasteiger partial charge >= 0.3 is 0 Å². The summed E-state index contributed by atoms with van der Waals surface area (Å²) in [6.45, 7) is 6.26. The average Bonchev–Trinajstić information content (AvgIpc) is 2.57. The summed E-state index contributed by atoms with van der Waals surface area (Å²) in [5.41, 5.74) is 7.75. The van der Waals surface area contributed by atoms with Crippen LogP contribution in [0.25, 0.3) is 0 Å². The molecule has 0 heterocycles. The van der Waals surface area contributed by atoms with Crippen molar-refractivity contribution < 1.29 is 4.79 Å². The van der Waals surface area contributed by atoms with E-state index in [4.69, 9.17) is 0 Å². The number of aryl methyl sites for hydroxylation is 4. The molecule has 2 nitrogen and oxygen atoms in total. The maximum atomic E-state index is 12.4. The lowest BCUT2D eigenvalue weighted by Gasteiger charge is -2.20.